The van der Waals surface area contributed by atoms with Gasteiger partial charge in [-0.3, -0.25) is 0 Å². The van der Waals surface area contributed by atoms with Gasteiger partial charge in [-0.1, -0.05) is 31.5 Å². The van der Waals surface area contributed by atoms with Crippen molar-refractivity contribution in [2.75, 3.05) is 14.2 Å². The van der Waals surface area contributed by atoms with Crippen molar-refractivity contribution in [3.8, 4) is 5.75 Å². The third-order valence-electron chi connectivity index (χ3n) is 2.85. The maximum absolute atomic E-state index is 6.09. The van der Waals surface area contributed by atoms with E-state index in [1.165, 1.54) is 5.56 Å². The molecule has 0 aliphatic rings. The Balaban J connectivity index is 2.78. The van der Waals surface area contributed by atoms with Crippen LogP contribution in [-0.4, -0.2) is 20.2 Å². The van der Waals surface area contributed by atoms with Crippen LogP contribution in [0, 0.1) is 5.92 Å². The molecule has 0 aromatic heterocycles. The minimum absolute atomic E-state index is 0.476. The Bertz CT molecular complexity index is 339. The average molecular weight is 242 g/mol. The average Bonchev–Trinajstić information content (AvgIpc) is 2.25. The van der Waals surface area contributed by atoms with Crippen LogP contribution in [-0.2, 0) is 6.42 Å². The van der Waals surface area contributed by atoms with Gasteiger partial charge in [0.1, 0.15) is 5.75 Å². The van der Waals surface area contributed by atoms with Gasteiger partial charge in [-0.2, -0.15) is 0 Å². The Hall–Kier alpha value is -0.730. The third-order valence-corrected chi connectivity index (χ3v) is 3.14. The van der Waals surface area contributed by atoms with Crippen LogP contribution >= 0.6 is 11.6 Å². The van der Waals surface area contributed by atoms with Crippen LogP contribution in [0.2, 0.25) is 5.02 Å². The summed E-state index contributed by atoms with van der Waals surface area (Å²) in [5, 5.41) is 4.00. The van der Waals surface area contributed by atoms with E-state index in [2.05, 4.69) is 25.2 Å². The van der Waals surface area contributed by atoms with Gasteiger partial charge in [-0.15, -0.1) is 0 Å². The minimum Gasteiger partial charge on any atom is -0.495 e. The predicted octanol–water partition coefficient (Wildman–Crippen LogP) is 3.14. The fraction of sp³-hybridized carbons (Fsp3) is 0.538. The van der Waals surface area contributed by atoms with E-state index < -0.39 is 0 Å². The number of likely N-dealkylation sites (N-methyl/N-ethyl adjacent to an activating group) is 1. The van der Waals surface area contributed by atoms with Crippen LogP contribution in [0.5, 0.6) is 5.75 Å². The molecule has 0 aliphatic heterocycles. The molecule has 1 N–H and O–H groups in total. The molecule has 0 saturated carbocycles. The molecule has 1 aromatic rings. The van der Waals surface area contributed by atoms with Crippen LogP contribution in [0.3, 0.4) is 0 Å². The van der Waals surface area contributed by atoms with Gasteiger partial charge in [0.15, 0.2) is 0 Å². The normalized spacial score (nSPS) is 12.9. The smallest absolute Gasteiger partial charge is 0.137 e. The summed E-state index contributed by atoms with van der Waals surface area (Å²) in [6.45, 7) is 4.43. The lowest BCUT2D eigenvalue weighted by Crippen LogP contribution is -2.32. The monoisotopic (exact) mass is 241 g/mol. The molecule has 90 valence electrons. The summed E-state index contributed by atoms with van der Waals surface area (Å²) in [7, 11) is 3.63. The summed E-state index contributed by atoms with van der Waals surface area (Å²) in [5.41, 5.74) is 1.24. The molecule has 0 fully saturated rings. The summed E-state index contributed by atoms with van der Waals surface area (Å²) in [6, 6.07) is 6.44. The van der Waals surface area contributed by atoms with Gasteiger partial charge in [0.25, 0.3) is 0 Å². The number of halogens is 1. The largest absolute Gasteiger partial charge is 0.495 e. The van der Waals surface area contributed by atoms with E-state index in [0.29, 0.717) is 17.0 Å². The first kappa shape index (κ1) is 13.3. The maximum Gasteiger partial charge on any atom is 0.137 e. The van der Waals surface area contributed by atoms with Gasteiger partial charge in [-0.25, -0.2) is 0 Å². The lowest BCUT2D eigenvalue weighted by molar-refractivity contribution is 0.413. The van der Waals surface area contributed by atoms with Crippen LogP contribution in [0.25, 0.3) is 0 Å². The first-order chi connectivity index (χ1) is 7.58. The number of ether oxygens (including phenoxy) is 1. The maximum atomic E-state index is 6.09. The first-order valence-corrected chi connectivity index (χ1v) is 5.96. The Labute approximate surface area is 103 Å². The second-order valence-corrected chi connectivity index (χ2v) is 4.72. The van der Waals surface area contributed by atoms with E-state index >= 15 is 0 Å². The molecule has 0 aliphatic carbocycles. The van der Waals surface area contributed by atoms with Crippen molar-refractivity contribution in [1.82, 2.24) is 5.32 Å². The van der Waals surface area contributed by atoms with Gasteiger partial charge in [0.2, 0.25) is 0 Å². The number of methoxy groups -OCH3 is 1. The van der Waals surface area contributed by atoms with Crippen molar-refractivity contribution in [1.29, 1.82) is 0 Å². The van der Waals surface area contributed by atoms with Crippen LogP contribution in [0.15, 0.2) is 18.2 Å². The van der Waals surface area contributed by atoms with Crippen molar-refractivity contribution in [2.45, 2.75) is 26.3 Å². The molecule has 16 heavy (non-hydrogen) atoms. The molecule has 1 rings (SSSR count). The zero-order valence-corrected chi connectivity index (χ0v) is 11.1. The number of benzene rings is 1. The number of hydrogen-bond donors (Lipinski definition) is 1. The van der Waals surface area contributed by atoms with Crippen molar-refractivity contribution in [2.24, 2.45) is 5.92 Å². The lowest BCUT2D eigenvalue weighted by atomic mass is 9.96. The van der Waals surface area contributed by atoms with Gasteiger partial charge < -0.3 is 10.1 Å². The van der Waals surface area contributed by atoms with E-state index in [4.69, 9.17) is 16.3 Å². The molecule has 1 aromatic carbocycles. The molecule has 0 radical (unpaired) electrons. The van der Waals surface area contributed by atoms with E-state index in [-0.39, 0.29) is 0 Å². The highest BCUT2D eigenvalue weighted by Crippen LogP contribution is 2.25. The lowest BCUT2D eigenvalue weighted by Gasteiger charge is -2.20. The standard InChI is InChI=1S/C13H20ClNO/c1-9(2)12(15-3)8-10-5-6-13(16-4)11(14)7-10/h5-7,9,12,15H,8H2,1-4H3. The Morgan fingerprint density at radius 3 is 2.50 bits per heavy atom. The molecule has 1 atom stereocenters. The van der Waals surface area contributed by atoms with E-state index in [9.17, 15) is 0 Å². The summed E-state index contributed by atoms with van der Waals surface area (Å²) >= 11 is 6.09. The predicted molar refractivity (Wildman–Crippen MR) is 69.4 cm³/mol. The molecule has 0 heterocycles. The second-order valence-electron chi connectivity index (χ2n) is 4.31. The highest BCUT2D eigenvalue weighted by Gasteiger charge is 2.12. The molecular weight excluding hydrogens is 222 g/mol. The highest BCUT2D eigenvalue weighted by atomic mass is 35.5. The molecule has 0 spiro atoms. The van der Waals surface area contributed by atoms with E-state index in [0.717, 1.165) is 12.2 Å². The minimum atomic E-state index is 0.476. The molecule has 0 saturated heterocycles. The molecular formula is C13H20ClNO. The Morgan fingerprint density at radius 1 is 1.38 bits per heavy atom. The van der Waals surface area contributed by atoms with E-state index in [1.54, 1.807) is 7.11 Å². The number of rotatable bonds is 5. The molecule has 1 unspecified atom stereocenters. The highest BCUT2D eigenvalue weighted by molar-refractivity contribution is 6.32. The SMILES string of the molecule is CNC(Cc1ccc(OC)c(Cl)c1)C(C)C. The van der Waals surface area contributed by atoms with Gasteiger partial charge in [0.05, 0.1) is 12.1 Å². The third kappa shape index (κ3) is 3.39. The summed E-state index contributed by atoms with van der Waals surface area (Å²) in [6.07, 6.45) is 0.984. The van der Waals surface area contributed by atoms with Crippen LogP contribution in [0.4, 0.5) is 0 Å². The summed E-state index contributed by atoms with van der Waals surface area (Å²) < 4.78 is 5.13. The van der Waals surface area contributed by atoms with Crippen LogP contribution in [0.1, 0.15) is 19.4 Å². The number of hydrogen-bond acceptors (Lipinski definition) is 2. The molecule has 2 nitrogen and oxygen atoms in total. The first-order valence-electron chi connectivity index (χ1n) is 5.58. The van der Waals surface area contributed by atoms with Crippen LogP contribution < -0.4 is 10.1 Å². The molecule has 3 heteroatoms. The second kappa shape index (κ2) is 6.12. The van der Waals surface area contributed by atoms with Gasteiger partial charge >= 0.3 is 0 Å². The zero-order chi connectivity index (χ0) is 12.1. The topological polar surface area (TPSA) is 21.3 Å². The fourth-order valence-electron chi connectivity index (χ4n) is 1.76. The van der Waals surface area contributed by atoms with Crippen molar-refractivity contribution in [3.05, 3.63) is 28.8 Å². The van der Waals surface area contributed by atoms with E-state index in [1.807, 2.05) is 19.2 Å². The summed E-state index contributed by atoms with van der Waals surface area (Å²) in [4.78, 5) is 0. The number of nitrogens with one attached hydrogen (secondary N) is 1. The van der Waals surface area contributed by atoms with Crippen molar-refractivity contribution < 1.29 is 4.74 Å². The molecule has 0 amide bonds. The zero-order valence-electron chi connectivity index (χ0n) is 10.4. The summed E-state index contributed by atoms with van der Waals surface area (Å²) in [5.74, 6) is 1.34. The van der Waals surface area contributed by atoms with Crippen molar-refractivity contribution in [3.63, 3.8) is 0 Å². The Morgan fingerprint density at radius 2 is 2.06 bits per heavy atom. The molecule has 0 bridgehead atoms. The van der Waals surface area contributed by atoms with Crippen molar-refractivity contribution >= 4 is 11.6 Å². The van der Waals surface area contributed by atoms with Gasteiger partial charge in [0, 0.05) is 6.04 Å². The fourth-order valence-corrected chi connectivity index (χ4v) is 2.04. The Kier molecular flexibility index (Phi) is 5.10. The van der Waals surface area contributed by atoms with Gasteiger partial charge in [-0.05, 0) is 37.1 Å². The quantitative estimate of drug-likeness (QED) is 0.855.